The first-order valence-corrected chi connectivity index (χ1v) is 6.40. The van der Waals surface area contributed by atoms with Gasteiger partial charge < -0.3 is 20.3 Å². The molecular weight excluding hydrogens is 258 g/mol. The molecule has 0 aliphatic carbocycles. The Labute approximate surface area is 114 Å². The van der Waals surface area contributed by atoms with Gasteiger partial charge in [-0.2, -0.15) is 4.98 Å². The van der Waals surface area contributed by atoms with Crippen LogP contribution < -0.4 is 5.73 Å². The van der Waals surface area contributed by atoms with Crippen molar-refractivity contribution >= 4 is 11.0 Å². The van der Waals surface area contributed by atoms with Crippen LogP contribution in [0.5, 0.6) is 0 Å². The third-order valence-electron chi connectivity index (χ3n) is 2.97. The number of imidazole rings is 1. The largest absolute Gasteiger partial charge is 0.383 e. The van der Waals surface area contributed by atoms with Gasteiger partial charge in [0.1, 0.15) is 11.9 Å². The van der Waals surface area contributed by atoms with Gasteiger partial charge in [-0.05, 0) is 25.1 Å². The molecule has 1 atom stereocenters. The fourth-order valence-electron chi connectivity index (χ4n) is 2.00. The van der Waals surface area contributed by atoms with E-state index >= 15 is 0 Å². The van der Waals surface area contributed by atoms with Gasteiger partial charge in [0.15, 0.2) is 5.82 Å². The Kier molecular flexibility index (Phi) is 3.44. The van der Waals surface area contributed by atoms with Crippen molar-refractivity contribution in [3.05, 3.63) is 41.8 Å². The predicted octanol–water partition coefficient (Wildman–Crippen LogP) is 0.919. The zero-order valence-electron chi connectivity index (χ0n) is 10.8. The first-order chi connectivity index (χ1) is 9.76. The second kappa shape index (κ2) is 5.40. The van der Waals surface area contributed by atoms with Crippen molar-refractivity contribution in [2.75, 3.05) is 6.54 Å². The number of fused-ring (bicyclic) bond motifs is 1. The lowest BCUT2D eigenvalue weighted by molar-refractivity contribution is 0.127. The Balaban J connectivity index is 1.77. The highest BCUT2D eigenvalue weighted by molar-refractivity contribution is 5.74. The molecule has 0 unspecified atom stereocenters. The molecule has 2 aromatic heterocycles. The molecule has 7 nitrogen and oxygen atoms in total. The molecule has 0 bridgehead atoms. The summed E-state index contributed by atoms with van der Waals surface area (Å²) in [6.45, 7) is 0.364. The standard InChI is InChI=1S/C13H15N5O2/c14-6-5-10(19)13-17-12(18-20-13)7-11-15-8-3-1-2-4-9(8)16-11/h1-4,10,19H,5-7,14H2,(H,15,16)/t10-/m0/s1. The fourth-order valence-corrected chi connectivity index (χ4v) is 2.00. The molecule has 0 fully saturated rings. The second-order valence-electron chi connectivity index (χ2n) is 4.52. The minimum atomic E-state index is -0.808. The van der Waals surface area contributed by atoms with E-state index in [0.29, 0.717) is 25.2 Å². The number of hydrogen-bond donors (Lipinski definition) is 3. The van der Waals surface area contributed by atoms with Crippen LogP contribution >= 0.6 is 0 Å². The molecule has 0 saturated carbocycles. The Morgan fingerprint density at radius 1 is 1.30 bits per heavy atom. The monoisotopic (exact) mass is 273 g/mol. The lowest BCUT2D eigenvalue weighted by Crippen LogP contribution is -2.07. The summed E-state index contributed by atoms with van der Waals surface area (Å²) in [4.78, 5) is 11.8. The number of benzene rings is 1. The molecule has 3 rings (SSSR count). The van der Waals surface area contributed by atoms with E-state index in [4.69, 9.17) is 10.3 Å². The van der Waals surface area contributed by atoms with Gasteiger partial charge in [0, 0.05) is 0 Å². The van der Waals surface area contributed by atoms with E-state index < -0.39 is 6.10 Å². The predicted molar refractivity (Wildman–Crippen MR) is 71.8 cm³/mol. The maximum absolute atomic E-state index is 9.71. The van der Waals surface area contributed by atoms with E-state index in [-0.39, 0.29) is 5.89 Å². The number of rotatable bonds is 5. The molecule has 20 heavy (non-hydrogen) atoms. The second-order valence-corrected chi connectivity index (χ2v) is 4.52. The number of nitrogens with one attached hydrogen (secondary N) is 1. The Morgan fingerprint density at radius 3 is 2.95 bits per heavy atom. The van der Waals surface area contributed by atoms with Gasteiger partial charge in [-0.1, -0.05) is 17.3 Å². The first-order valence-electron chi connectivity index (χ1n) is 6.40. The molecule has 3 aromatic rings. The summed E-state index contributed by atoms with van der Waals surface area (Å²) < 4.78 is 5.02. The zero-order valence-corrected chi connectivity index (χ0v) is 10.8. The molecule has 0 aliphatic rings. The lowest BCUT2D eigenvalue weighted by Gasteiger charge is -2.00. The van der Waals surface area contributed by atoms with Gasteiger partial charge in [0.05, 0.1) is 17.5 Å². The van der Waals surface area contributed by atoms with Crippen molar-refractivity contribution in [2.45, 2.75) is 18.9 Å². The van der Waals surface area contributed by atoms with Crippen LogP contribution in [0.2, 0.25) is 0 Å². The van der Waals surface area contributed by atoms with Crippen LogP contribution in [0.25, 0.3) is 11.0 Å². The Hall–Kier alpha value is -2.25. The number of para-hydroxylation sites is 2. The van der Waals surface area contributed by atoms with Gasteiger partial charge in [0.2, 0.25) is 0 Å². The van der Waals surface area contributed by atoms with Crippen LogP contribution in [-0.2, 0) is 6.42 Å². The van der Waals surface area contributed by atoms with Crippen molar-refractivity contribution in [3.8, 4) is 0 Å². The molecule has 0 aliphatic heterocycles. The highest BCUT2D eigenvalue weighted by Crippen LogP contribution is 2.16. The number of aromatic nitrogens is 4. The van der Waals surface area contributed by atoms with Gasteiger partial charge in [0.25, 0.3) is 5.89 Å². The summed E-state index contributed by atoms with van der Waals surface area (Å²) in [6.07, 6.45) is 0.0108. The highest BCUT2D eigenvalue weighted by atomic mass is 16.5. The number of aliphatic hydroxyl groups is 1. The maximum Gasteiger partial charge on any atom is 0.255 e. The molecular formula is C13H15N5O2. The summed E-state index contributed by atoms with van der Waals surface area (Å²) in [5.41, 5.74) is 7.24. The quantitative estimate of drug-likeness (QED) is 0.637. The zero-order chi connectivity index (χ0) is 13.9. The molecule has 2 heterocycles. The van der Waals surface area contributed by atoms with Crippen LogP contribution in [0.1, 0.15) is 30.1 Å². The molecule has 0 amide bonds. The number of H-pyrrole nitrogens is 1. The van der Waals surface area contributed by atoms with Gasteiger partial charge >= 0.3 is 0 Å². The number of nitrogens with zero attached hydrogens (tertiary/aromatic N) is 3. The normalized spacial score (nSPS) is 12.9. The van der Waals surface area contributed by atoms with Crippen LogP contribution in [0.15, 0.2) is 28.8 Å². The van der Waals surface area contributed by atoms with E-state index in [9.17, 15) is 5.11 Å². The van der Waals surface area contributed by atoms with Crippen molar-refractivity contribution in [3.63, 3.8) is 0 Å². The minimum absolute atomic E-state index is 0.196. The molecule has 7 heteroatoms. The minimum Gasteiger partial charge on any atom is -0.383 e. The van der Waals surface area contributed by atoms with Gasteiger partial charge in [-0.15, -0.1) is 0 Å². The summed E-state index contributed by atoms with van der Waals surface area (Å²) in [5, 5.41) is 13.6. The molecule has 104 valence electrons. The van der Waals surface area contributed by atoms with Crippen molar-refractivity contribution in [1.82, 2.24) is 20.1 Å². The average Bonchev–Trinajstić information content (AvgIpc) is 3.05. The maximum atomic E-state index is 9.71. The number of hydrogen-bond acceptors (Lipinski definition) is 6. The SMILES string of the molecule is NCC[C@H](O)c1nc(Cc2nc3ccccc3[nH]2)no1. The van der Waals surface area contributed by atoms with E-state index in [2.05, 4.69) is 20.1 Å². The summed E-state index contributed by atoms with van der Waals surface area (Å²) in [5.74, 6) is 1.43. The number of aliphatic hydroxyl groups excluding tert-OH is 1. The summed E-state index contributed by atoms with van der Waals surface area (Å²) >= 11 is 0. The van der Waals surface area contributed by atoms with Crippen LogP contribution in [0, 0.1) is 0 Å². The molecule has 0 saturated heterocycles. The molecule has 0 spiro atoms. The van der Waals surface area contributed by atoms with Gasteiger partial charge in [-0.25, -0.2) is 4.98 Å². The number of aromatic amines is 1. The average molecular weight is 273 g/mol. The Morgan fingerprint density at radius 2 is 2.15 bits per heavy atom. The lowest BCUT2D eigenvalue weighted by atomic mass is 10.2. The third-order valence-corrected chi connectivity index (χ3v) is 2.97. The van der Waals surface area contributed by atoms with E-state index in [1.807, 2.05) is 24.3 Å². The van der Waals surface area contributed by atoms with Crippen molar-refractivity contribution < 1.29 is 9.63 Å². The smallest absolute Gasteiger partial charge is 0.255 e. The highest BCUT2D eigenvalue weighted by Gasteiger charge is 2.16. The Bertz CT molecular complexity index is 672. The van der Waals surface area contributed by atoms with Crippen LogP contribution in [-0.4, -0.2) is 31.8 Å². The third kappa shape index (κ3) is 2.54. The summed E-state index contributed by atoms with van der Waals surface area (Å²) in [7, 11) is 0. The van der Waals surface area contributed by atoms with Crippen molar-refractivity contribution in [1.29, 1.82) is 0 Å². The summed E-state index contributed by atoms with van der Waals surface area (Å²) in [6, 6.07) is 7.77. The van der Waals surface area contributed by atoms with Crippen LogP contribution in [0.4, 0.5) is 0 Å². The topological polar surface area (TPSA) is 114 Å². The molecule has 1 aromatic carbocycles. The number of nitrogens with two attached hydrogens (primary N) is 1. The van der Waals surface area contributed by atoms with E-state index in [1.165, 1.54) is 0 Å². The fraction of sp³-hybridized carbons (Fsp3) is 0.308. The van der Waals surface area contributed by atoms with Crippen LogP contribution in [0.3, 0.4) is 0 Å². The van der Waals surface area contributed by atoms with E-state index in [0.717, 1.165) is 16.9 Å². The van der Waals surface area contributed by atoms with Crippen molar-refractivity contribution in [2.24, 2.45) is 5.73 Å². The molecule has 4 N–H and O–H groups in total. The van der Waals surface area contributed by atoms with Gasteiger partial charge in [-0.3, -0.25) is 0 Å². The molecule has 0 radical (unpaired) electrons. The first kappa shape index (κ1) is 12.8. The van der Waals surface area contributed by atoms with E-state index in [1.54, 1.807) is 0 Å².